The highest BCUT2D eigenvalue weighted by atomic mass is 16.4. The molecule has 6 N–H and O–H groups in total. The van der Waals surface area contributed by atoms with E-state index in [0.717, 1.165) is 0 Å². The van der Waals surface area contributed by atoms with Crippen LogP contribution in [0, 0.1) is 11.8 Å². The van der Waals surface area contributed by atoms with Gasteiger partial charge in [0.2, 0.25) is 11.8 Å². The van der Waals surface area contributed by atoms with Gasteiger partial charge in [0.1, 0.15) is 12.1 Å². The Hall–Kier alpha value is -2.16. The van der Waals surface area contributed by atoms with Gasteiger partial charge in [-0.25, -0.2) is 4.79 Å². The molecule has 9 heteroatoms. The van der Waals surface area contributed by atoms with E-state index in [4.69, 9.17) is 10.8 Å². The Balaban J connectivity index is 5.10. The smallest absolute Gasteiger partial charge is 0.326 e. The van der Waals surface area contributed by atoms with E-state index in [1.165, 1.54) is 0 Å². The standard InChI is InChI=1S/C16H29N3O6/c1-8(2)7-11(16(24)25)19-14(22)10(5-6-12(20)21)18-15(23)13(17)9(3)4/h8-11,13H,5-7,17H2,1-4H3,(H,18,23)(H,19,22)(H,20,21)(H,24,25)/t10-,11-,13-/m0/s1. The van der Waals surface area contributed by atoms with Crippen LogP contribution in [0.15, 0.2) is 0 Å². The quantitative estimate of drug-likeness (QED) is 0.345. The largest absolute Gasteiger partial charge is 0.481 e. The van der Waals surface area contributed by atoms with E-state index in [0.29, 0.717) is 0 Å². The number of hydrogen-bond acceptors (Lipinski definition) is 5. The van der Waals surface area contributed by atoms with Crippen molar-refractivity contribution in [2.75, 3.05) is 0 Å². The summed E-state index contributed by atoms with van der Waals surface area (Å²) in [6.07, 6.45) is -0.297. The first-order valence-electron chi connectivity index (χ1n) is 8.26. The minimum atomic E-state index is -1.19. The monoisotopic (exact) mass is 359 g/mol. The molecule has 0 aliphatic carbocycles. The van der Waals surface area contributed by atoms with Gasteiger partial charge < -0.3 is 26.6 Å². The second-order valence-electron chi connectivity index (χ2n) is 6.79. The van der Waals surface area contributed by atoms with Gasteiger partial charge in [0.05, 0.1) is 6.04 Å². The van der Waals surface area contributed by atoms with Crippen molar-refractivity contribution < 1.29 is 29.4 Å². The van der Waals surface area contributed by atoms with Crippen LogP contribution in [0.5, 0.6) is 0 Å². The summed E-state index contributed by atoms with van der Waals surface area (Å²) >= 11 is 0. The van der Waals surface area contributed by atoms with Gasteiger partial charge >= 0.3 is 11.9 Å². The molecular weight excluding hydrogens is 330 g/mol. The Morgan fingerprint density at radius 2 is 1.44 bits per heavy atom. The van der Waals surface area contributed by atoms with Crippen molar-refractivity contribution in [2.45, 2.75) is 65.1 Å². The number of hydrogen-bond donors (Lipinski definition) is 5. The molecule has 0 saturated heterocycles. The first kappa shape index (κ1) is 22.8. The van der Waals surface area contributed by atoms with Crippen LogP contribution in [0.3, 0.4) is 0 Å². The fraction of sp³-hybridized carbons (Fsp3) is 0.750. The van der Waals surface area contributed by atoms with Crippen LogP contribution in [0.4, 0.5) is 0 Å². The summed E-state index contributed by atoms with van der Waals surface area (Å²) in [7, 11) is 0. The van der Waals surface area contributed by atoms with E-state index in [9.17, 15) is 24.3 Å². The minimum Gasteiger partial charge on any atom is -0.481 e. The minimum absolute atomic E-state index is 0.0304. The lowest BCUT2D eigenvalue weighted by Crippen LogP contribution is -2.55. The summed E-state index contributed by atoms with van der Waals surface area (Å²) in [5, 5.41) is 22.8. The SMILES string of the molecule is CC(C)C[C@H](NC(=O)[C@H](CCC(=O)O)NC(=O)[C@@H](N)C(C)C)C(=O)O. The average molecular weight is 359 g/mol. The Morgan fingerprint density at radius 1 is 0.920 bits per heavy atom. The van der Waals surface area contributed by atoms with E-state index in [2.05, 4.69) is 10.6 Å². The first-order valence-corrected chi connectivity index (χ1v) is 8.26. The van der Waals surface area contributed by atoms with Crippen LogP contribution in [0.25, 0.3) is 0 Å². The van der Waals surface area contributed by atoms with Crippen molar-refractivity contribution >= 4 is 23.8 Å². The molecule has 3 atom stereocenters. The van der Waals surface area contributed by atoms with Gasteiger partial charge in [0.15, 0.2) is 0 Å². The van der Waals surface area contributed by atoms with Gasteiger partial charge in [0.25, 0.3) is 0 Å². The second-order valence-corrected chi connectivity index (χ2v) is 6.79. The van der Waals surface area contributed by atoms with Crippen LogP contribution >= 0.6 is 0 Å². The maximum Gasteiger partial charge on any atom is 0.326 e. The summed E-state index contributed by atoms with van der Waals surface area (Å²) in [6, 6.07) is -3.14. The highest BCUT2D eigenvalue weighted by molar-refractivity contribution is 5.92. The molecule has 0 heterocycles. The maximum atomic E-state index is 12.4. The lowest BCUT2D eigenvalue weighted by atomic mass is 10.0. The van der Waals surface area contributed by atoms with E-state index in [1.807, 2.05) is 13.8 Å². The Bertz CT molecular complexity index is 492. The first-order chi connectivity index (χ1) is 11.5. The number of nitrogens with one attached hydrogen (secondary N) is 2. The number of amides is 2. The van der Waals surface area contributed by atoms with E-state index in [-0.39, 0.29) is 31.1 Å². The molecule has 0 aromatic heterocycles. The summed E-state index contributed by atoms with van der Waals surface area (Å²) in [5.74, 6) is -3.78. The van der Waals surface area contributed by atoms with E-state index in [1.54, 1.807) is 13.8 Å². The molecule has 0 saturated carbocycles. The van der Waals surface area contributed by atoms with Crippen molar-refractivity contribution in [3.63, 3.8) is 0 Å². The van der Waals surface area contributed by atoms with Crippen LogP contribution in [0.1, 0.15) is 47.0 Å². The van der Waals surface area contributed by atoms with E-state index < -0.39 is 41.9 Å². The molecule has 0 fully saturated rings. The molecule has 0 rings (SSSR count). The summed E-state index contributed by atoms with van der Waals surface area (Å²) in [4.78, 5) is 46.4. The summed E-state index contributed by atoms with van der Waals surface area (Å²) < 4.78 is 0. The van der Waals surface area contributed by atoms with Crippen LogP contribution in [0.2, 0.25) is 0 Å². The molecular formula is C16H29N3O6. The normalized spacial score (nSPS) is 14.7. The molecule has 0 aromatic rings. The van der Waals surface area contributed by atoms with Crippen LogP contribution < -0.4 is 16.4 Å². The molecule has 0 aromatic carbocycles. The molecule has 25 heavy (non-hydrogen) atoms. The number of nitrogens with two attached hydrogens (primary N) is 1. The molecule has 0 aliphatic heterocycles. The number of aliphatic carboxylic acids is 2. The Labute approximate surface area is 147 Å². The third-order valence-corrected chi connectivity index (χ3v) is 3.62. The van der Waals surface area contributed by atoms with Gasteiger partial charge in [-0.05, 0) is 24.7 Å². The summed E-state index contributed by atoms with van der Waals surface area (Å²) in [6.45, 7) is 7.10. The fourth-order valence-electron chi connectivity index (χ4n) is 2.07. The summed E-state index contributed by atoms with van der Waals surface area (Å²) in [5.41, 5.74) is 5.73. The second kappa shape index (κ2) is 10.7. The number of carboxylic acids is 2. The Morgan fingerprint density at radius 3 is 1.84 bits per heavy atom. The van der Waals surface area contributed by atoms with Crippen molar-refractivity contribution in [2.24, 2.45) is 17.6 Å². The molecule has 2 amide bonds. The van der Waals surface area contributed by atoms with Crippen molar-refractivity contribution in [3.8, 4) is 0 Å². The topological polar surface area (TPSA) is 159 Å². The van der Waals surface area contributed by atoms with Gasteiger partial charge in [-0.2, -0.15) is 0 Å². The molecule has 144 valence electrons. The predicted molar refractivity (Wildman–Crippen MR) is 90.6 cm³/mol. The number of carboxylic acid groups (broad SMARTS) is 2. The van der Waals surface area contributed by atoms with Crippen molar-refractivity contribution in [3.05, 3.63) is 0 Å². The van der Waals surface area contributed by atoms with Crippen molar-refractivity contribution in [1.82, 2.24) is 10.6 Å². The highest BCUT2D eigenvalue weighted by Crippen LogP contribution is 2.07. The molecule has 0 aliphatic rings. The third-order valence-electron chi connectivity index (χ3n) is 3.62. The zero-order valence-corrected chi connectivity index (χ0v) is 15.1. The average Bonchev–Trinajstić information content (AvgIpc) is 2.48. The lowest BCUT2D eigenvalue weighted by molar-refractivity contribution is -0.143. The van der Waals surface area contributed by atoms with Gasteiger partial charge in [-0.3, -0.25) is 14.4 Å². The number of carbonyl (C=O) groups is 4. The zero-order valence-electron chi connectivity index (χ0n) is 15.1. The third kappa shape index (κ3) is 9.04. The van der Waals surface area contributed by atoms with E-state index >= 15 is 0 Å². The number of carbonyl (C=O) groups excluding carboxylic acids is 2. The van der Waals surface area contributed by atoms with Crippen LogP contribution in [-0.4, -0.2) is 52.1 Å². The lowest BCUT2D eigenvalue weighted by Gasteiger charge is -2.24. The Kier molecular flexibility index (Phi) is 9.73. The molecule has 9 nitrogen and oxygen atoms in total. The van der Waals surface area contributed by atoms with Gasteiger partial charge in [0, 0.05) is 6.42 Å². The highest BCUT2D eigenvalue weighted by Gasteiger charge is 2.29. The van der Waals surface area contributed by atoms with Gasteiger partial charge in [-0.15, -0.1) is 0 Å². The van der Waals surface area contributed by atoms with Crippen molar-refractivity contribution in [1.29, 1.82) is 0 Å². The molecule has 0 spiro atoms. The fourth-order valence-corrected chi connectivity index (χ4v) is 2.07. The maximum absolute atomic E-state index is 12.4. The zero-order chi connectivity index (χ0) is 19.7. The molecule has 0 unspecified atom stereocenters. The number of rotatable bonds is 11. The van der Waals surface area contributed by atoms with Crippen LogP contribution in [-0.2, 0) is 19.2 Å². The molecule has 0 bridgehead atoms. The molecule has 0 radical (unpaired) electrons. The van der Waals surface area contributed by atoms with Gasteiger partial charge in [-0.1, -0.05) is 27.7 Å². The predicted octanol–water partition coefficient (Wildman–Crippen LogP) is -0.0652.